The Morgan fingerprint density at radius 2 is 2.33 bits per heavy atom. The zero-order valence-electron chi connectivity index (χ0n) is 10.3. The number of hydrogen-bond acceptors (Lipinski definition) is 2. The molecule has 88 valence electrons. The van der Waals surface area contributed by atoms with Gasteiger partial charge in [-0.05, 0) is 32.7 Å². The fourth-order valence-corrected chi connectivity index (χ4v) is 2.16. The lowest BCUT2D eigenvalue weighted by Crippen LogP contribution is -2.42. The maximum Gasteiger partial charge on any atom is 0.225 e. The van der Waals surface area contributed by atoms with Gasteiger partial charge >= 0.3 is 0 Å². The molecule has 0 bridgehead atoms. The van der Waals surface area contributed by atoms with E-state index in [0.29, 0.717) is 11.9 Å². The largest absolute Gasteiger partial charge is 0.342 e. The highest BCUT2D eigenvalue weighted by Gasteiger charge is 2.24. The molecule has 0 aromatic carbocycles. The minimum Gasteiger partial charge on any atom is -0.342 e. The van der Waals surface area contributed by atoms with Gasteiger partial charge in [0.05, 0.1) is 0 Å². The van der Waals surface area contributed by atoms with Crippen LogP contribution in [0.2, 0.25) is 0 Å². The highest BCUT2D eigenvalue weighted by molar-refractivity contribution is 5.79. The summed E-state index contributed by atoms with van der Waals surface area (Å²) in [4.78, 5) is 13.8. The predicted octanol–water partition coefficient (Wildman–Crippen LogP) is 1.63. The lowest BCUT2D eigenvalue weighted by molar-refractivity contribution is -0.137. The van der Waals surface area contributed by atoms with E-state index >= 15 is 0 Å². The fourth-order valence-electron chi connectivity index (χ4n) is 2.16. The standard InChI is InChI=1S/C12H24N2O/c1-4-13-11(3)7-9-14-8-5-6-10(2)12(14)15/h10-11,13H,4-9H2,1-3H3. The highest BCUT2D eigenvalue weighted by Crippen LogP contribution is 2.17. The van der Waals surface area contributed by atoms with Crippen LogP contribution in [0, 0.1) is 5.92 Å². The molecule has 1 fully saturated rings. The smallest absolute Gasteiger partial charge is 0.225 e. The number of likely N-dealkylation sites (tertiary alicyclic amines) is 1. The van der Waals surface area contributed by atoms with E-state index in [1.54, 1.807) is 0 Å². The minimum absolute atomic E-state index is 0.244. The number of carbonyl (C=O) groups excluding carboxylic acids is 1. The predicted molar refractivity (Wildman–Crippen MR) is 62.7 cm³/mol. The summed E-state index contributed by atoms with van der Waals surface area (Å²) in [6, 6.07) is 0.514. The number of hydrogen-bond donors (Lipinski definition) is 1. The molecule has 2 atom stereocenters. The van der Waals surface area contributed by atoms with E-state index < -0.39 is 0 Å². The van der Waals surface area contributed by atoms with Gasteiger partial charge in [-0.3, -0.25) is 4.79 Å². The molecule has 0 radical (unpaired) electrons. The maximum absolute atomic E-state index is 11.8. The molecule has 1 heterocycles. The van der Waals surface area contributed by atoms with Crippen molar-refractivity contribution in [1.82, 2.24) is 10.2 Å². The molecule has 1 amide bonds. The Morgan fingerprint density at radius 1 is 1.60 bits per heavy atom. The molecule has 2 unspecified atom stereocenters. The topological polar surface area (TPSA) is 32.3 Å². The van der Waals surface area contributed by atoms with Crippen LogP contribution in [0.3, 0.4) is 0 Å². The monoisotopic (exact) mass is 212 g/mol. The van der Waals surface area contributed by atoms with Crippen LogP contribution in [0.4, 0.5) is 0 Å². The number of nitrogens with one attached hydrogen (secondary N) is 1. The van der Waals surface area contributed by atoms with Crippen LogP contribution in [0.15, 0.2) is 0 Å². The Hall–Kier alpha value is -0.570. The fraction of sp³-hybridized carbons (Fsp3) is 0.917. The number of carbonyl (C=O) groups is 1. The SMILES string of the molecule is CCNC(C)CCN1CCCC(C)C1=O. The van der Waals surface area contributed by atoms with Gasteiger partial charge < -0.3 is 10.2 Å². The number of piperidine rings is 1. The van der Waals surface area contributed by atoms with E-state index in [-0.39, 0.29) is 5.92 Å². The normalized spacial score (nSPS) is 24.3. The van der Waals surface area contributed by atoms with Gasteiger partial charge in [-0.25, -0.2) is 0 Å². The average Bonchev–Trinajstić information content (AvgIpc) is 2.21. The number of rotatable bonds is 5. The summed E-state index contributed by atoms with van der Waals surface area (Å²) in [6.07, 6.45) is 3.30. The Morgan fingerprint density at radius 3 is 3.00 bits per heavy atom. The van der Waals surface area contributed by atoms with Crippen LogP contribution in [-0.4, -0.2) is 36.5 Å². The first kappa shape index (κ1) is 12.5. The summed E-state index contributed by atoms with van der Waals surface area (Å²) >= 11 is 0. The summed E-state index contributed by atoms with van der Waals surface area (Å²) in [7, 11) is 0. The highest BCUT2D eigenvalue weighted by atomic mass is 16.2. The molecule has 1 aliphatic heterocycles. The van der Waals surface area contributed by atoms with Gasteiger partial charge in [0.25, 0.3) is 0 Å². The quantitative estimate of drug-likeness (QED) is 0.751. The minimum atomic E-state index is 0.244. The van der Waals surface area contributed by atoms with Crippen molar-refractivity contribution in [2.24, 2.45) is 5.92 Å². The van der Waals surface area contributed by atoms with Gasteiger partial charge in [-0.15, -0.1) is 0 Å². The van der Waals surface area contributed by atoms with Crippen LogP contribution < -0.4 is 5.32 Å². The lowest BCUT2D eigenvalue weighted by atomic mass is 9.99. The van der Waals surface area contributed by atoms with Gasteiger partial charge in [0.2, 0.25) is 5.91 Å². The first-order valence-corrected chi connectivity index (χ1v) is 6.17. The van der Waals surface area contributed by atoms with E-state index in [2.05, 4.69) is 19.2 Å². The van der Waals surface area contributed by atoms with E-state index in [9.17, 15) is 4.79 Å². The van der Waals surface area contributed by atoms with Crippen LogP contribution >= 0.6 is 0 Å². The molecule has 0 aliphatic carbocycles. The van der Waals surface area contributed by atoms with Gasteiger partial charge in [0.1, 0.15) is 0 Å². The van der Waals surface area contributed by atoms with Crippen molar-refractivity contribution in [3.05, 3.63) is 0 Å². The number of amides is 1. The van der Waals surface area contributed by atoms with Crippen LogP contribution in [0.5, 0.6) is 0 Å². The molecule has 0 aromatic heterocycles. The summed E-state index contributed by atoms with van der Waals surface area (Å²) in [5, 5.41) is 3.37. The molecular formula is C12H24N2O. The molecule has 1 N–H and O–H groups in total. The zero-order chi connectivity index (χ0) is 11.3. The number of nitrogens with zero attached hydrogens (tertiary/aromatic N) is 1. The van der Waals surface area contributed by atoms with Crippen molar-refractivity contribution < 1.29 is 4.79 Å². The third-order valence-corrected chi connectivity index (χ3v) is 3.18. The van der Waals surface area contributed by atoms with E-state index in [1.807, 2.05) is 11.8 Å². The molecule has 3 heteroatoms. The van der Waals surface area contributed by atoms with Gasteiger partial charge in [0, 0.05) is 25.0 Å². The van der Waals surface area contributed by atoms with Crippen molar-refractivity contribution in [1.29, 1.82) is 0 Å². The maximum atomic E-state index is 11.8. The molecule has 0 aromatic rings. The van der Waals surface area contributed by atoms with Crippen molar-refractivity contribution in [2.45, 2.75) is 46.1 Å². The van der Waals surface area contributed by atoms with Gasteiger partial charge in [-0.2, -0.15) is 0 Å². The Kier molecular flexibility index (Phi) is 5.09. The Balaban J connectivity index is 2.28. The van der Waals surface area contributed by atoms with Gasteiger partial charge in [-0.1, -0.05) is 13.8 Å². The van der Waals surface area contributed by atoms with Crippen molar-refractivity contribution in [3.63, 3.8) is 0 Å². The van der Waals surface area contributed by atoms with E-state index in [1.165, 1.54) is 6.42 Å². The van der Waals surface area contributed by atoms with E-state index in [0.717, 1.165) is 32.5 Å². The van der Waals surface area contributed by atoms with Crippen LogP contribution in [0.1, 0.15) is 40.0 Å². The third-order valence-electron chi connectivity index (χ3n) is 3.18. The lowest BCUT2D eigenvalue weighted by Gasteiger charge is -2.31. The molecule has 3 nitrogen and oxygen atoms in total. The summed E-state index contributed by atoms with van der Waals surface area (Å²) in [5.41, 5.74) is 0. The Bertz CT molecular complexity index is 206. The summed E-state index contributed by atoms with van der Waals surface area (Å²) < 4.78 is 0. The molecular weight excluding hydrogens is 188 g/mol. The zero-order valence-corrected chi connectivity index (χ0v) is 10.3. The molecule has 15 heavy (non-hydrogen) atoms. The second-order valence-corrected chi connectivity index (χ2v) is 4.62. The van der Waals surface area contributed by atoms with E-state index in [4.69, 9.17) is 0 Å². The second kappa shape index (κ2) is 6.11. The van der Waals surface area contributed by atoms with Crippen molar-refractivity contribution in [3.8, 4) is 0 Å². The molecule has 0 spiro atoms. The average molecular weight is 212 g/mol. The third kappa shape index (κ3) is 3.82. The van der Waals surface area contributed by atoms with Crippen LogP contribution in [-0.2, 0) is 4.79 Å². The first-order chi connectivity index (χ1) is 7.15. The molecule has 0 saturated carbocycles. The van der Waals surface area contributed by atoms with Crippen molar-refractivity contribution in [2.75, 3.05) is 19.6 Å². The summed E-state index contributed by atoms with van der Waals surface area (Å²) in [6.45, 7) is 9.22. The van der Waals surface area contributed by atoms with Crippen LogP contribution in [0.25, 0.3) is 0 Å². The molecule has 1 saturated heterocycles. The molecule has 1 rings (SSSR count). The second-order valence-electron chi connectivity index (χ2n) is 4.62. The Labute approximate surface area is 93.2 Å². The first-order valence-electron chi connectivity index (χ1n) is 6.17. The molecule has 1 aliphatic rings. The van der Waals surface area contributed by atoms with Gasteiger partial charge in [0.15, 0.2) is 0 Å². The summed E-state index contributed by atoms with van der Waals surface area (Å²) in [5.74, 6) is 0.595. The van der Waals surface area contributed by atoms with Crippen molar-refractivity contribution >= 4 is 5.91 Å².